The highest BCUT2D eigenvalue weighted by atomic mass is 16.6. The molecular formula is C16H20N4O2. The Morgan fingerprint density at radius 1 is 1.36 bits per heavy atom. The summed E-state index contributed by atoms with van der Waals surface area (Å²) in [7, 11) is 0. The number of pyridine rings is 1. The molecule has 6 nitrogen and oxygen atoms in total. The fraction of sp³-hybridized carbons (Fsp3) is 0.438. The zero-order valence-corrected chi connectivity index (χ0v) is 13.1. The van der Waals surface area contributed by atoms with Crippen molar-refractivity contribution in [2.24, 2.45) is 0 Å². The maximum atomic E-state index is 12.2. The molecule has 0 saturated heterocycles. The van der Waals surface area contributed by atoms with Crippen LogP contribution in [0.5, 0.6) is 0 Å². The van der Waals surface area contributed by atoms with Gasteiger partial charge in [-0.3, -0.25) is 4.98 Å². The minimum atomic E-state index is -0.480. The van der Waals surface area contributed by atoms with Crippen LogP contribution in [-0.4, -0.2) is 37.9 Å². The van der Waals surface area contributed by atoms with E-state index in [2.05, 4.69) is 10.1 Å². The molecule has 0 N–H and O–H groups in total. The molecule has 1 aliphatic heterocycles. The molecule has 1 amide bonds. The molecule has 3 rings (SSSR count). The predicted molar refractivity (Wildman–Crippen MR) is 81.7 cm³/mol. The highest BCUT2D eigenvalue weighted by Gasteiger charge is 2.26. The second-order valence-corrected chi connectivity index (χ2v) is 6.40. The predicted octanol–water partition coefficient (Wildman–Crippen LogP) is 2.56. The lowest BCUT2D eigenvalue weighted by Crippen LogP contribution is -2.40. The zero-order valence-electron chi connectivity index (χ0n) is 13.1. The van der Waals surface area contributed by atoms with Gasteiger partial charge in [0, 0.05) is 31.1 Å². The van der Waals surface area contributed by atoms with Gasteiger partial charge in [-0.15, -0.1) is 0 Å². The van der Waals surface area contributed by atoms with Crippen LogP contribution in [0.1, 0.15) is 32.0 Å². The number of ether oxygens (including phenoxy) is 1. The van der Waals surface area contributed by atoms with E-state index >= 15 is 0 Å². The zero-order chi connectivity index (χ0) is 15.7. The van der Waals surface area contributed by atoms with E-state index in [1.54, 1.807) is 15.8 Å². The van der Waals surface area contributed by atoms with Gasteiger partial charge in [0.1, 0.15) is 5.60 Å². The van der Waals surface area contributed by atoms with Gasteiger partial charge in [0.2, 0.25) is 0 Å². The average molecular weight is 300 g/mol. The molecule has 0 spiro atoms. The number of amides is 1. The third-order valence-electron chi connectivity index (χ3n) is 3.45. The first-order chi connectivity index (χ1) is 10.4. The second kappa shape index (κ2) is 5.44. The van der Waals surface area contributed by atoms with Crippen molar-refractivity contribution in [3.63, 3.8) is 0 Å². The Morgan fingerprint density at radius 3 is 2.86 bits per heavy atom. The van der Waals surface area contributed by atoms with Gasteiger partial charge in [0.05, 0.1) is 18.4 Å². The summed E-state index contributed by atoms with van der Waals surface area (Å²) in [4.78, 5) is 18.4. The Balaban J connectivity index is 1.80. The Labute approximate surface area is 129 Å². The summed E-state index contributed by atoms with van der Waals surface area (Å²) >= 11 is 0. The van der Waals surface area contributed by atoms with Gasteiger partial charge in [-0.25, -0.2) is 9.48 Å². The van der Waals surface area contributed by atoms with Crippen LogP contribution in [0.15, 0.2) is 30.7 Å². The van der Waals surface area contributed by atoms with E-state index in [1.807, 2.05) is 45.3 Å². The van der Waals surface area contributed by atoms with Gasteiger partial charge in [0.15, 0.2) is 0 Å². The van der Waals surface area contributed by atoms with Gasteiger partial charge >= 0.3 is 6.09 Å². The lowest BCUT2D eigenvalue weighted by Gasteiger charge is -2.30. The van der Waals surface area contributed by atoms with Crippen molar-refractivity contribution < 1.29 is 9.53 Å². The van der Waals surface area contributed by atoms with Gasteiger partial charge in [-0.2, -0.15) is 5.10 Å². The van der Waals surface area contributed by atoms with Crippen molar-refractivity contribution in [1.29, 1.82) is 0 Å². The lowest BCUT2D eigenvalue weighted by molar-refractivity contribution is 0.0222. The first kappa shape index (κ1) is 14.6. The van der Waals surface area contributed by atoms with Crippen molar-refractivity contribution in [2.75, 3.05) is 6.54 Å². The summed E-state index contributed by atoms with van der Waals surface area (Å²) in [6.45, 7) is 6.78. The molecule has 0 bridgehead atoms. The van der Waals surface area contributed by atoms with Gasteiger partial charge in [-0.1, -0.05) is 0 Å². The molecule has 0 fully saturated rings. The highest BCUT2D eigenvalue weighted by Crippen LogP contribution is 2.21. The smallest absolute Gasteiger partial charge is 0.410 e. The van der Waals surface area contributed by atoms with Crippen LogP contribution >= 0.6 is 0 Å². The maximum absolute atomic E-state index is 12.2. The quantitative estimate of drug-likeness (QED) is 0.812. The van der Waals surface area contributed by atoms with E-state index in [0.29, 0.717) is 13.1 Å². The molecule has 0 saturated carbocycles. The molecule has 0 aliphatic carbocycles. The van der Waals surface area contributed by atoms with E-state index in [1.165, 1.54) is 0 Å². The van der Waals surface area contributed by atoms with E-state index < -0.39 is 5.60 Å². The maximum Gasteiger partial charge on any atom is 0.410 e. The summed E-state index contributed by atoms with van der Waals surface area (Å²) in [5, 5.41) is 4.21. The van der Waals surface area contributed by atoms with E-state index in [9.17, 15) is 4.79 Å². The Hall–Kier alpha value is -2.37. The highest BCUT2D eigenvalue weighted by molar-refractivity contribution is 5.68. The van der Waals surface area contributed by atoms with Crippen LogP contribution in [0.2, 0.25) is 0 Å². The fourth-order valence-corrected chi connectivity index (χ4v) is 2.44. The van der Waals surface area contributed by atoms with Crippen LogP contribution in [0.3, 0.4) is 0 Å². The molecule has 6 heteroatoms. The normalized spacial score (nSPS) is 14.6. The van der Waals surface area contributed by atoms with Crippen LogP contribution in [0.4, 0.5) is 4.79 Å². The third kappa shape index (κ3) is 3.10. The lowest BCUT2D eigenvalue weighted by atomic mass is 10.1. The molecule has 0 aromatic carbocycles. The molecule has 0 unspecified atom stereocenters. The van der Waals surface area contributed by atoms with Gasteiger partial charge in [0.25, 0.3) is 0 Å². The van der Waals surface area contributed by atoms with E-state index in [-0.39, 0.29) is 6.09 Å². The topological polar surface area (TPSA) is 60.2 Å². The van der Waals surface area contributed by atoms with Crippen molar-refractivity contribution in [3.05, 3.63) is 42.0 Å². The van der Waals surface area contributed by atoms with Gasteiger partial charge in [-0.05, 0) is 38.5 Å². The minimum Gasteiger partial charge on any atom is -0.444 e. The first-order valence-corrected chi connectivity index (χ1v) is 7.38. The number of fused-ring (bicyclic) bond motifs is 1. The summed E-state index contributed by atoms with van der Waals surface area (Å²) in [6, 6.07) is 3.90. The summed E-state index contributed by atoms with van der Waals surface area (Å²) in [5.41, 5.74) is 2.50. The standard InChI is InChI=1S/C16H20N4O2/c1-16(2,3)22-15(21)19-8-5-14-12(11-19)9-13(10-17-14)20-7-4-6-18-20/h4,6-7,9-10H,5,8,11H2,1-3H3. The van der Waals surface area contributed by atoms with E-state index in [0.717, 1.165) is 23.4 Å². The van der Waals surface area contributed by atoms with Crippen molar-refractivity contribution in [1.82, 2.24) is 19.7 Å². The van der Waals surface area contributed by atoms with Crippen molar-refractivity contribution in [2.45, 2.75) is 39.3 Å². The van der Waals surface area contributed by atoms with Crippen molar-refractivity contribution >= 4 is 6.09 Å². The third-order valence-corrected chi connectivity index (χ3v) is 3.45. The molecule has 116 valence electrons. The SMILES string of the molecule is CC(C)(C)OC(=O)N1CCc2ncc(-n3cccn3)cc2C1. The molecule has 0 radical (unpaired) electrons. The van der Waals surface area contributed by atoms with Crippen LogP contribution in [0, 0.1) is 0 Å². The number of carbonyl (C=O) groups is 1. The largest absolute Gasteiger partial charge is 0.444 e. The summed E-state index contributed by atoms with van der Waals surface area (Å²) < 4.78 is 7.21. The molecule has 22 heavy (non-hydrogen) atoms. The first-order valence-electron chi connectivity index (χ1n) is 7.38. The monoisotopic (exact) mass is 300 g/mol. The molecule has 0 atom stereocenters. The molecular weight excluding hydrogens is 280 g/mol. The average Bonchev–Trinajstić information content (AvgIpc) is 2.98. The summed E-state index contributed by atoms with van der Waals surface area (Å²) in [6.07, 6.45) is 5.88. The number of nitrogens with zero attached hydrogens (tertiary/aromatic N) is 4. The van der Waals surface area contributed by atoms with Gasteiger partial charge < -0.3 is 9.64 Å². The minimum absolute atomic E-state index is 0.275. The molecule has 2 aromatic heterocycles. The number of rotatable bonds is 1. The second-order valence-electron chi connectivity index (χ2n) is 6.40. The van der Waals surface area contributed by atoms with E-state index in [4.69, 9.17) is 4.74 Å². The molecule has 3 heterocycles. The van der Waals surface area contributed by atoms with Crippen LogP contribution in [-0.2, 0) is 17.7 Å². The summed E-state index contributed by atoms with van der Waals surface area (Å²) in [5.74, 6) is 0. The van der Waals surface area contributed by atoms with Crippen LogP contribution < -0.4 is 0 Å². The number of carbonyl (C=O) groups excluding carboxylic acids is 1. The molecule has 1 aliphatic rings. The Kier molecular flexibility index (Phi) is 3.60. The number of hydrogen-bond acceptors (Lipinski definition) is 4. The number of aromatic nitrogens is 3. The van der Waals surface area contributed by atoms with Crippen molar-refractivity contribution in [3.8, 4) is 5.69 Å². The fourth-order valence-electron chi connectivity index (χ4n) is 2.44. The van der Waals surface area contributed by atoms with Crippen LogP contribution in [0.25, 0.3) is 5.69 Å². The molecule has 2 aromatic rings. The Bertz CT molecular complexity index is 674. The number of hydrogen-bond donors (Lipinski definition) is 0. The Morgan fingerprint density at radius 2 is 2.18 bits per heavy atom.